The van der Waals surface area contributed by atoms with Crippen molar-refractivity contribution in [1.29, 1.82) is 0 Å². The molecule has 5 rings (SSSR count). The van der Waals surface area contributed by atoms with E-state index in [0.29, 0.717) is 33.9 Å². The smallest absolute Gasteiger partial charge is 0.269 e. The van der Waals surface area contributed by atoms with Gasteiger partial charge >= 0.3 is 0 Å². The highest BCUT2D eigenvalue weighted by atomic mass is 16.6. The molecule has 34 heavy (non-hydrogen) atoms. The van der Waals surface area contributed by atoms with Gasteiger partial charge in [-0.25, -0.2) is 0 Å². The Kier molecular flexibility index (Phi) is 5.30. The van der Waals surface area contributed by atoms with Crippen LogP contribution in [-0.4, -0.2) is 15.4 Å². The number of benzene rings is 3. The zero-order chi connectivity index (χ0) is 23.8. The molecule has 1 aromatic heterocycles. The largest absolute Gasteiger partial charge is 0.281 e. The van der Waals surface area contributed by atoms with Gasteiger partial charge in [0.15, 0.2) is 0 Å². The number of carbonyl (C=O) groups is 1. The molecule has 4 aromatic rings. The summed E-state index contributed by atoms with van der Waals surface area (Å²) in [5.74, 6) is -0.781. The van der Waals surface area contributed by atoms with Gasteiger partial charge in [0.05, 0.1) is 16.2 Å². The summed E-state index contributed by atoms with van der Waals surface area (Å²) in [6.07, 6.45) is 0.0240. The number of nitro benzene ring substituents is 1. The average molecular weight is 451 g/mol. The van der Waals surface area contributed by atoms with Gasteiger partial charge in [-0.1, -0.05) is 48.5 Å². The zero-order valence-corrected chi connectivity index (χ0v) is 18.4. The molecule has 0 saturated heterocycles. The van der Waals surface area contributed by atoms with E-state index in [4.69, 9.17) is 0 Å². The fourth-order valence-electron chi connectivity index (χ4n) is 4.64. The number of nitrogens with zero attached hydrogens (tertiary/aromatic N) is 3. The van der Waals surface area contributed by atoms with Crippen LogP contribution >= 0.6 is 0 Å². The van der Waals surface area contributed by atoms with E-state index in [2.05, 4.69) is 0 Å². The van der Waals surface area contributed by atoms with Gasteiger partial charge < -0.3 is 0 Å². The summed E-state index contributed by atoms with van der Waals surface area (Å²) in [4.78, 5) is 39.9. The van der Waals surface area contributed by atoms with Crippen LogP contribution in [-0.2, 0) is 4.79 Å². The van der Waals surface area contributed by atoms with Crippen LogP contribution in [0.15, 0.2) is 95.8 Å². The third-order valence-electron chi connectivity index (χ3n) is 6.14. The molecule has 0 spiro atoms. The number of amides is 1. The summed E-state index contributed by atoms with van der Waals surface area (Å²) in [7, 11) is 0. The maximum Gasteiger partial charge on any atom is 0.269 e. The van der Waals surface area contributed by atoms with Crippen molar-refractivity contribution in [2.45, 2.75) is 19.3 Å². The molecule has 1 aliphatic rings. The predicted octanol–water partition coefficient (Wildman–Crippen LogP) is 5.25. The van der Waals surface area contributed by atoms with Crippen molar-refractivity contribution in [3.8, 4) is 5.69 Å². The van der Waals surface area contributed by atoms with Crippen LogP contribution in [0.4, 0.5) is 17.1 Å². The fraction of sp³-hybridized carbons (Fsp3) is 0.111. The molecule has 0 saturated carbocycles. The van der Waals surface area contributed by atoms with Crippen LogP contribution in [0.25, 0.3) is 5.69 Å². The lowest BCUT2D eigenvalue weighted by atomic mass is 9.84. The van der Waals surface area contributed by atoms with Crippen LogP contribution < -0.4 is 10.5 Å². The number of pyridine rings is 1. The number of non-ortho nitro benzene ring substituents is 1. The Balaban J connectivity index is 1.79. The van der Waals surface area contributed by atoms with Gasteiger partial charge in [-0.15, -0.1) is 0 Å². The number of anilines is 2. The Morgan fingerprint density at radius 3 is 2.15 bits per heavy atom. The minimum absolute atomic E-state index is 0.0240. The summed E-state index contributed by atoms with van der Waals surface area (Å²) >= 11 is 0. The highest BCUT2D eigenvalue weighted by Gasteiger charge is 2.37. The summed E-state index contributed by atoms with van der Waals surface area (Å²) in [6, 6.07) is 26.5. The number of hydrogen-bond donors (Lipinski definition) is 0. The van der Waals surface area contributed by atoms with Gasteiger partial charge in [-0.2, -0.15) is 0 Å². The second-order valence-electron chi connectivity index (χ2n) is 8.23. The van der Waals surface area contributed by atoms with E-state index in [1.54, 1.807) is 21.6 Å². The molecule has 7 nitrogen and oxygen atoms in total. The van der Waals surface area contributed by atoms with Crippen LogP contribution in [0.1, 0.15) is 29.2 Å². The highest BCUT2D eigenvalue weighted by Crippen LogP contribution is 2.42. The molecule has 1 atom stereocenters. The number of fused-ring (bicyclic) bond motifs is 1. The Morgan fingerprint density at radius 1 is 0.853 bits per heavy atom. The molecular formula is C27H21N3O4. The van der Waals surface area contributed by atoms with Crippen molar-refractivity contribution in [1.82, 2.24) is 4.57 Å². The molecule has 1 amide bonds. The van der Waals surface area contributed by atoms with Crippen LogP contribution in [0.3, 0.4) is 0 Å². The Hall–Kier alpha value is -4.52. The number of aryl methyl sites for hydroxylation is 1. The molecule has 2 heterocycles. The first-order valence-corrected chi connectivity index (χ1v) is 10.9. The minimum Gasteiger partial charge on any atom is -0.281 e. The van der Waals surface area contributed by atoms with Gasteiger partial charge in [0.1, 0.15) is 0 Å². The lowest BCUT2D eigenvalue weighted by Crippen LogP contribution is -2.39. The Bertz CT molecular complexity index is 1460. The molecule has 1 unspecified atom stereocenters. The topological polar surface area (TPSA) is 85.5 Å². The van der Waals surface area contributed by atoms with Gasteiger partial charge in [0.25, 0.3) is 11.2 Å². The minimum atomic E-state index is -0.606. The highest BCUT2D eigenvalue weighted by molar-refractivity contribution is 6.04. The number of nitro groups is 1. The number of aromatic nitrogens is 1. The zero-order valence-electron chi connectivity index (χ0n) is 18.4. The van der Waals surface area contributed by atoms with E-state index < -0.39 is 10.8 Å². The standard InChI is InChI=1S/C27H21N3O4/c1-18-15-24-26(27(32)28(18)20-10-4-2-5-11-20)23(19-9-8-14-22(16-19)30(33)34)17-25(31)29(24)21-12-6-3-7-13-21/h2-16,23H,17H2,1H3. The third kappa shape index (κ3) is 3.57. The maximum absolute atomic E-state index is 14.0. The Morgan fingerprint density at radius 2 is 1.50 bits per heavy atom. The second-order valence-corrected chi connectivity index (χ2v) is 8.23. The van der Waals surface area contributed by atoms with E-state index >= 15 is 0 Å². The van der Waals surface area contributed by atoms with Crippen molar-refractivity contribution >= 4 is 23.0 Å². The summed E-state index contributed by atoms with van der Waals surface area (Å²) in [5.41, 5.74) is 3.27. The van der Waals surface area contributed by atoms with Crippen molar-refractivity contribution in [3.63, 3.8) is 0 Å². The number of rotatable bonds is 4. The molecule has 7 heteroatoms. The predicted molar refractivity (Wildman–Crippen MR) is 130 cm³/mol. The molecule has 168 valence electrons. The normalized spacial score (nSPS) is 15.1. The summed E-state index contributed by atoms with van der Waals surface area (Å²) in [6.45, 7) is 1.83. The van der Waals surface area contributed by atoms with Gasteiger partial charge in [-0.3, -0.25) is 29.2 Å². The van der Waals surface area contributed by atoms with E-state index in [-0.39, 0.29) is 23.6 Å². The lowest BCUT2D eigenvalue weighted by molar-refractivity contribution is -0.384. The molecule has 0 aliphatic carbocycles. The maximum atomic E-state index is 14.0. The van der Waals surface area contributed by atoms with Crippen molar-refractivity contribution < 1.29 is 9.72 Å². The van der Waals surface area contributed by atoms with E-state index in [9.17, 15) is 19.7 Å². The monoisotopic (exact) mass is 451 g/mol. The molecule has 0 radical (unpaired) electrons. The first kappa shape index (κ1) is 21.3. The first-order valence-electron chi connectivity index (χ1n) is 10.9. The molecule has 3 aromatic carbocycles. The van der Waals surface area contributed by atoms with E-state index in [1.807, 2.05) is 73.7 Å². The second kappa shape index (κ2) is 8.44. The lowest BCUT2D eigenvalue weighted by Gasteiger charge is -2.34. The molecule has 0 bridgehead atoms. The quantitative estimate of drug-likeness (QED) is 0.313. The van der Waals surface area contributed by atoms with Crippen molar-refractivity contribution in [3.05, 3.63) is 128 Å². The van der Waals surface area contributed by atoms with Crippen molar-refractivity contribution in [2.75, 3.05) is 4.90 Å². The number of para-hydroxylation sites is 2. The average Bonchev–Trinajstić information content (AvgIpc) is 2.84. The Labute approximate surface area is 195 Å². The first-order chi connectivity index (χ1) is 16.5. The number of hydrogen-bond acceptors (Lipinski definition) is 4. The van der Waals surface area contributed by atoms with E-state index in [0.717, 1.165) is 0 Å². The number of carbonyl (C=O) groups excluding carboxylic acids is 1. The van der Waals surface area contributed by atoms with E-state index in [1.165, 1.54) is 12.1 Å². The van der Waals surface area contributed by atoms with Crippen molar-refractivity contribution in [2.24, 2.45) is 0 Å². The summed E-state index contributed by atoms with van der Waals surface area (Å²) < 4.78 is 1.63. The third-order valence-corrected chi connectivity index (χ3v) is 6.14. The van der Waals surface area contributed by atoms with Gasteiger partial charge in [-0.05, 0) is 42.8 Å². The molecular weight excluding hydrogens is 430 g/mol. The molecule has 0 N–H and O–H groups in total. The van der Waals surface area contributed by atoms with Crippen LogP contribution in [0.5, 0.6) is 0 Å². The SMILES string of the molecule is Cc1cc2c(c(=O)n1-c1ccccc1)C(c1cccc([N+](=O)[O-])c1)CC(=O)N2c1ccccc1. The van der Waals surface area contributed by atoms with Gasteiger partial charge in [0.2, 0.25) is 5.91 Å². The van der Waals surface area contributed by atoms with Crippen LogP contribution in [0.2, 0.25) is 0 Å². The molecule has 1 aliphatic heterocycles. The van der Waals surface area contributed by atoms with Crippen LogP contribution in [0, 0.1) is 17.0 Å². The fourth-order valence-corrected chi connectivity index (χ4v) is 4.64. The molecule has 0 fully saturated rings. The summed E-state index contributed by atoms with van der Waals surface area (Å²) in [5, 5.41) is 11.4. The van der Waals surface area contributed by atoms with Gasteiger partial charge in [0, 0.05) is 41.5 Å².